The predicted molar refractivity (Wildman–Crippen MR) is 403 cm³/mol. The molecule has 2 atom stereocenters. The second-order valence-corrected chi connectivity index (χ2v) is 25.9. The molecule has 0 rings (SSSR count). The minimum absolute atomic E-state index is 0.0442. The van der Waals surface area contributed by atoms with Crippen LogP contribution in [0, 0.1) is 0 Å². The van der Waals surface area contributed by atoms with Crippen LogP contribution in [0.1, 0.15) is 309 Å². The number of nitrogens with two attached hydrogens (primary N) is 1. The fourth-order valence-corrected chi connectivity index (χ4v) is 10.8. The van der Waals surface area contributed by atoms with Crippen molar-refractivity contribution in [3.63, 3.8) is 0 Å². The van der Waals surface area contributed by atoms with E-state index < -0.39 is 26.5 Å². The molecular formula is C83H138NO8P. The molecule has 0 aliphatic rings. The van der Waals surface area contributed by atoms with Gasteiger partial charge < -0.3 is 20.1 Å². The van der Waals surface area contributed by atoms with E-state index in [0.29, 0.717) is 6.42 Å². The summed E-state index contributed by atoms with van der Waals surface area (Å²) in [6.45, 7) is 3.61. The summed E-state index contributed by atoms with van der Waals surface area (Å²) < 4.78 is 33.2. The van der Waals surface area contributed by atoms with E-state index in [1.54, 1.807) is 0 Å². The number of carbonyl (C=O) groups is 2. The van der Waals surface area contributed by atoms with Crippen molar-refractivity contribution in [2.24, 2.45) is 5.73 Å². The van der Waals surface area contributed by atoms with Crippen molar-refractivity contribution >= 4 is 19.8 Å². The van der Waals surface area contributed by atoms with Gasteiger partial charge in [-0.3, -0.25) is 18.6 Å². The number of allylic oxidation sites excluding steroid dienone is 28. The summed E-state index contributed by atoms with van der Waals surface area (Å²) in [5, 5.41) is 0. The summed E-state index contributed by atoms with van der Waals surface area (Å²) >= 11 is 0. The van der Waals surface area contributed by atoms with Crippen LogP contribution in [-0.2, 0) is 32.7 Å². The van der Waals surface area contributed by atoms with Gasteiger partial charge in [0, 0.05) is 19.4 Å². The van der Waals surface area contributed by atoms with Gasteiger partial charge in [0.2, 0.25) is 0 Å². The lowest BCUT2D eigenvalue weighted by Crippen LogP contribution is -2.29. The SMILES string of the molecule is CC/C=C\C/C=C\C/C=C\C/C=C\C/C=C\C/C=C\C/C=C\C/C=C\C/C=C\C/C=C\C/C=C\CCCCCCCCCC(=O)OC(COC(=O)CCCCCCCCCCCCCCCCCC/C=C\C/C=C\C/C=C\CCCCCCC)COP(=O)(O)OCCN. The zero-order chi connectivity index (χ0) is 67.2. The molecule has 9 nitrogen and oxygen atoms in total. The fourth-order valence-electron chi connectivity index (χ4n) is 10.1. The van der Waals surface area contributed by atoms with Gasteiger partial charge in [0.25, 0.3) is 0 Å². The summed E-state index contributed by atoms with van der Waals surface area (Å²) in [4.78, 5) is 35.4. The Hall–Kier alpha value is -4.63. The number of hydrogen-bond donors (Lipinski definition) is 2. The normalized spacial score (nSPS) is 13.9. The van der Waals surface area contributed by atoms with E-state index in [1.807, 2.05) is 0 Å². The Bertz CT molecular complexity index is 2140. The van der Waals surface area contributed by atoms with Crippen LogP contribution in [0.2, 0.25) is 0 Å². The van der Waals surface area contributed by atoms with E-state index in [2.05, 4.69) is 184 Å². The number of phosphoric ester groups is 1. The van der Waals surface area contributed by atoms with Crippen LogP contribution in [-0.4, -0.2) is 49.3 Å². The fraction of sp³-hybridized carbons (Fsp3) is 0.639. The lowest BCUT2D eigenvalue weighted by Gasteiger charge is -2.19. The molecule has 528 valence electrons. The Kier molecular flexibility index (Phi) is 72.6. The third-order valence-corrected chi connectivity index (χ3v) is 16.6. The maximum Gasteiger partial charge on any atom is 0.472 e. The highest BCUT2D eigenvalue weighted by Crippen LogP contribution is 2.43. The molecule has 0 radical (unpaired) electrons. The number of rotatable bonds is 69. The molecule has 0 aromatic heterocycles. The summed E-state index contributed by atoms with van der Waals surface area (Å²) in [5.41, 5.74) is 5.41. The van der Waals surface area contributed by atoms with Crippen LogP contribution < -0.4 is 5.73 Å². The Morgan fingerprint density at radius 1 is 0.333 bits per heavy atom. The van der Waals surface area contributed by atoms with Gasteiger partial charge in [0.1, 0.15) is 6.61 Å². The molecule has 10 heteroatoms. The van der Waals surface area contributed by atoms with Gasteiger partial charge in [0.15, 0.2) is 6.10 Å². The largest absolute Gasteiger partial charge is 0.472 e. The maximum absolute atomic E-state index is 12.8. The minimum Gasteiger partial charge on any atom is -0.462 e. The number of ether oxygens (including phenoxy) is 2. The first kappa shape index (κ1) is 88.4. The lowest BCUT2D eigenvalue weighted by atomic mass is 10.0. The van der Waals surface area contributed by atoms with Gasteiger partial charge >= 0.3 is 19.8 Å². The van der Waals surface area contributed by atoms with Crippen molar-refractivity contribution in [2.75, 3.05) is 26.4 Å². The van der Waals surface area contributed by atoms with Crippen LogP contribution in [0.15, 0.2) is 170 Å². The smallest absolute Gasteiger partial charge is 0.462 e. The monoisotopic (exact) mass is 1310 g/mol. The summed E-state index contributed by atoms with van der Waals surface area (Å²) in [6, 6.07) is 0. The lowest BCUT2D eigenvalue weighted by molar-refractivity contribution is -0.161. The Balaban J connectivity index is 3.95. The number of unbranched alkanes of at least 4 members (excludes halogenated alkanes) is 28. The minimum atomic E-state index is -4.41. The Labute approximate surface area is 571 Å². The zero-order valence-corrected chi connectivity index (χ0v) is 60.3. The molecule has 0 fully saturated rings. The van der Waals surface area contributed by atoms with Crippen LogP contribution in [0.3, 0.4) is 0 Å². The van der Waals surface area contributed by atoms with Crippen molar-refractivity contribution in [3.05, 3.63) is 170 Å². The molecule has 0 aliphatic carbocycles. The van der Waals surface area contributed by atoms with Gasteiger partial charge in [-0.2, -0.15) is 0 Å². The van der Waals surface area contributed by atoms with Gasteiger partial charge in [-0.1, -0.05) is 332 Å². The van der Waals surface area contributed by atoms with E-state index in [-0.39, 0.29) is 38.6 Å². The molecule has 0 bridgehead atoms. The Morgan fingerprint density at radius 3 is 0.882 bits per heavy atom. The first-order valence-corrected chi connectivity index (χ1v) is 39.1. The highest BCUT2D eigenvalue weighted by molar-refractivity contribution is 7.47. The molecule has 3 N–H and O–H groups in total. The highest BCUT2D eigenvalue weighted by atomic mass is 31.2. The molecule has 2 unspecified atom stereocenters. The van der Waals surface area contributed by atoms with E-state index in [1.165, 1.54) is 141 Å². The topological polar surface area (TPSA) is 134 Å². The van der Waals surface area contributed by atoms with Gasteiger partial charge in [-0.05, 0) is 135 Å². The van der Waals surface area contributed by atoms with E-state index in [4.69, 9.17) is 24.3 Å². The highest BCUT2D eigenvalue weighted by Gasteiger charge is 2.26. The quantitative estimate of drug-likeness (QED) is 0.0264. The van der Waals surface area contributed by atoms with Crippen molar-refractivity contribution in [3.8, 4) is 0 Å². The first-order chi connectivity index (χ1) is 45.8. The zero-order valence-electron chi connectivity index (χ0n) is 59.4. The summed E-state index contributed by atoms with van der Waals surface area (Å²) in [7, 11) is -4.41. The number of carbonyl (C=O) groups excluding carboxylic acids is 2. The van der Waals surface area contributed by atoms with Crippen molar-refractivity contribution in [2.45, 2.75) is 315 Å². The molecule has 0 saturated carbocycles. The second-order valence-electron chi connectivity index (χ2n) is 24.4. The Morgan fingerprint density at radius 2 is 0.591 bits per heavy atom. The van der Waals surface area contributed by atoms with Gasteiger partial charge in [-0.15, -0.1) is 0 Å². The van der Waals surface area contributed by atoms with Crippen LogP contribution >= 0.6 is 7.82 Å². The average molecular weight is 1310 g/mol. The van der Waals surface area contributed by atoms with Crippen LogP contribution in [0.25, 0.3) is 0 Å². The molecular weight excluding hydrogens is 1170 g/mol. The molecule has 0 heterocycles. The van der Waals surface area contributed by atoms with Gasteiger partial charge in [0.05, 0.1) is 13.2 Å². The average Bonchev–Trinajstić information content (AvgIpc) is 3.49. The number of hydrogen-bond acceptors (Lipinski definition) is 8. The molecule has 0 aromatic carbocycles. The first-order valence-electron chi connectivity index (χ1n) is 37.6. The van der Waals surface area contributed by atoms with E-state index in [0.717, 1.165) is 135 Å². The second kappa shape index (κ2) is 76.4. The van der Waals surface area contributed by atoms with Crippen molar-refractivity contribution < 1.29 is 37.6 Å². The molecule has 93 heavy (non-hydrogen) atoms. The van der Waals surface area contributed by atoms with Gasteiger partial charge in [-0.25, -0.2) is 4.57 Å². The molecule has 0 saturated heterocycles. The summed E-state index contributed by atoms with van der Waals surface area (Å²) in [5.74, 6) is -0.843. The third kappa shape index (κ3) is 76.3. The van der Waals surface area contributed by atoms with Crippen LogP contribution in [0.4, 0.5) is 0 Å². The summed E-state index contributed by atoms with van der Waals surface area (Å²) in [6.07, 6.45) is 113. The molecule has 0 spiro atoms. The van der Waals surface area contributed by atoms with Crippen molar-refractivity contribution in [1.29, 1.82) is 0 Å². The van der Waals surface area contributed by atoms with E-state index >= 15 is 0 Å². The number of esters is 2. The molecule has 0 aliphatic heterocycles. The maximum atomic E-state index is 12.8. The van der Waals surface area contributed by atoms with Crippen molar-refractivity contribution in [1.82, 2.24) is 0 Å². The van der Waals surface area contributed by atoms with E-state index in [9.17, 15) is 19.0 Å². The molecule has 0 aromatic rings. The van der Waals surface area contributed by atoms with Crippen LogP contribution in [0.5, 0.6) is 0 Å². The predicted octanol–water partition coefficient (Wildman–Crippen LogP) is 25.3. The standard InChI is InChI=1S/C83H138NO8P/c1-3-5-7-9-11-13-15-17-19-21-23-25-27-29-31-33-35-36-37-38-39-40-41-42-43-44-46-48-50-52-54-56-58-60-62-64-66-68-70-72-74-76-83(86)92-81(80-91-93(87,88)90-78-77-84)79-89-82(85)75-73-71-69-67-65-63-61-59-57-55-53-51-49-47-45-34-32-30-28-26-24-22-20-18-16-14-12-10-8-6-4-2/h5,7,11,13,16-19,22-25,28-31,35-36,38-39,41-42,44,46,50,52,56,58,81H,3-4,6,8-10,12,14-15,20-21,26-27,32-34,37,40,43,45,47-49,51,53-55,57,59-80,84H2,1-2H3,(H,87,88)/b7-5-,13-11-,18-16-,19-17-,24-22-,25-23-,30-28-,31-29-,36-35-,39-38-,42-41-,46-44-,52-50-,58-56-. The number of phosphoric acid groups is 1. The third-order valence-electron chi connectivity index (χ3n) is 15.6. The molecule has 0 amide bonds.